The van der Waals surface area contributed by atoms with Crippen molar-refractivity contribution in [1.29, 1.82) is 0 Å². The molecule has 0 saturated heterocycles. The molecule has 0 aliphatic rings. The highest BCUT2D eigenvalue weighted by Gasteiger charge is 2.18. The molecule has 0 aliphatic carbocycles. The van der Waals surface area contributed by atoms with E-state index >= 15 is 0 Å². The summed E-state index contributed by atoms with van der Waals surface area (Å²) >= 11 is 0. The van der Waals surface area contributed by atoms with E-state index in [9.17, 15) is 14.4 Å². The number of rotatable bonds is 7. The average Bonchev–Trinajstić information content (AvgIpc) is 2.56. The van der Waals surface area contributed by atoms with E-state index in [-0.39, 0.29) is 24.4 Å². The zero-order valence-electron chi connectivity index (χ0n) is 13.8. The van der Waals surface area contributed by atoms with Crippen molar-refractivity contribution in [2.45, 2.75) is 26.2 Å². The molecular weight excluding hydrogens is 310 g/mol. The number of carboxylic acid groups (broad SMARTS) is 1. The van der Waals surface area contributed by atoms with Gasteiger partial charge < -0.3 is 10.4 Å². The van der Waals surface area contributed by atoms with Crippen molar-refractivity contribution in [3.8, 4) is 0 Å². The molecule has 1 unspecified atom stereocenters. The SMILES string of the molecule is CCCC(CNC(=O)Cc1nn(C)c(=O)c2ccccc12)C(=O)O. The van der Waals surface area contributed by atoms with Gasteiger partial charge in [-0.05, 0) is 12.5 Å². The molecule has 0 fully saturated rings. The van der Waals surface area contributed by atoms with Gasteiger partial charge in [0.2, 0.25) is 5.91 Å². The number of amides is 1. The van der Waals surface area contributed by atoms with Crippen molar-refractivity contribution in [1.82, 2.24) is 15.1 Å². The largest absolute Gasteiger partial charge is 0.481 e. The van der Waals surface area contributed by atoms with E-state index in [0.29, 0.717) is 22.9 Å². The minimum Gasteiger partial charge on any atom is -0.481 e. The Hall–Kier alpha value is -2.70. The highest BCUT2D eigenvalue weighted by Crippen LogP contribution is 2.13. The summed E-state index contributed by atoms with van der Waals surface area (Å²) in [6.45, 7) is 1.99. The van der Waals surface area contributed by atoms with Crippen LogP contribution in [0.5, 0.6) is 0 Å². The predicted octanol–water partition coefficient (Wildman–Crippen LogP) is 1.09. The Morgan fingerprint density at radius 2 is 1.96 bits per heavy atom. The van der Waals surface area contributed by atoms with Crippen molar-refractivity contribution in [3.63, 3.8) is 0 Å². The minimum atomic E-state index is -0.914. The Morgan fingerprint density at radius 3 is 2.58 bits per heavy atom. The monoisotopic (exact) mass is 331 g/mol. The first-order valence-electron chi connectivity index (χ1n) is 7.88. The van der Waals surface area contributed by atoms with Gasteiger partial charge in [-0.25, -0.2) is 4.68 Å². The predicted molar refractivity (Wildman–Crippen MR) is 89.7 cm³/mol. The van der Waals surface area contributed by atoms with Crippen molar-refractivity contribution in [2.75, 3.05) is 6.54 Å². The summed E-state index contributed by atoms with van der Waals surface area (Å²) in [7, 11) is 1.54. The molecule has 24 heavy (non-hydrogen) atoms. The zero-order chi connectivity index (χ0) is 17.7. The molecule has 7 nitrogen and oxygen atoms in total. The summed E-state index contributed by atoms with van der Waals surface area (Å²) in [6.07, 6.45) is 1.24. The van der Waals surface area contributed by atoms with Crippen molar-refractivity contribution < 1.29 is 14.7 Å². The lowest BCUT2D eigenvalue weighted by atomic mass is 10.0. The number of hydrogen-bond acceptors (Lipinski definition) is 4. The van der Waals surface area contributed by atoms with Crippen LogP contribution in [0.25, 0.3) is 10.8 Å². The fraction of sp³-hybridized carbons (Fsp3) is 0.412. The highest BCUT2D eigenvalue weighted by molar-refractivity contribution is 5.88. The lowest BCUT2D eigenvalue weighted by Gasteiger charge is -2.13. The fourth-order valence-corrected chi connectivity index (χ4v) is 2.62. The van der Waals surface area contributed by atoms with E-state index in [4.69, 9.17) is 5.11 Å². The molecule has 0 spiro atoms. The number of carbonyl (C=O) groups is 2. The van der Waals surface area contributed by atoms with E-state index in [2.05, 4.69) is 10.4 Å². The number of carbonyl (C=O) groups excluding carboxylic acids is 1. The van der Waals surface area contributed by atoms with Gasteiger partial charge in [0.05, 0.1) is 23.4 Å². The second-order valence-corrected chi connectivity index (χ2v) is 5.73. The summed E-state index contributed by atoms with van der Waals surface area (Å²) in [6, 6.07) is 6.99. The Morgan fingerprint density at radius 1 is 1.29 bits per heavy atom. The Kier molecular flexibility index (Phi) is 5.68. The minimum absolute atomic E-state index is 0.00685. The molecule has 0 saturated carbocycles. The number of nitrogens with zero attached hydrogens (tertiary/aromatic N) is 2. The number of aliphatic carboxylic acids is 1. The van der Waals surface area contributed by atoms with Crippen LogP contribution in [-0.4, -0.2) is 33.3 Å². The lowest BCUT2D eigenvalue weighted by molar-refractivity contribution is -0.141. The highest BCUT2D eigenvalue weighted by atomic mass is 16.4. The molecule has 0 bridgehead atoms. The van der Waals surface area contributed by atoms with E-state index in [0.717, 1.165) is 6.42 Å². The number of nitrogens with one attached hydrogen (secondary N) is 1. The summed E-state index contributed by atoms with van der Waals surface area (Å²) in [5, 5.41) is 17.1. The third kappa shape index (κ3) is 3.98. The van der Waals surface area contributed by atoms with Gasteiger partial charge in [0.15, 0.2) is 0 Å². The average molecular weight is 331 g/mol. The molecular formula is C17H21N3O4. The molecule has 1 amide bonds. The van der Waals surface area contributed by atoms with Gasteiger partial charge in [0, 0.05) is 19.0 Å². The van der Waals surface area contributed by atoms with Crippen LogP contribution in [0.3, 0.4) is 0 Å². The lowest BCUT2D eigenvalue weighted by Crippen LogP contribution is -2.34. The topological polar surface area (TPSA) is 101 Å². The number of carboxylic acids is 1. The standard InChI is InChI=1S/C17H21N3O4/c1-3-6-11(17(23)24)10-18-15(21)9-14-12-7-4-5-8-13(12)16(22)20(2)19-14/h4-5,7-8,11H,3,6,9-10H2,1-2H3,(H,18,21)(H,23,24). The number of benzene rings is 1. The smallest absolute Gasteiger partial charge is 0.308 e. The van der Waals surface area contributed by atoms with E-state index < -0.39 is 11.9 Å². The van der Waals surface area contributed by atoms with Crippen LogP contribution in [0.1, 0.15) is 25.5 Å². The van der Waals surface area contributed by atoms with Crippen LogP contribution in [0.2, 0.25) is 0 Å². The van der Waals surface area contributed by atoms with E-state index in [1.165, 1.54) is 11.7 Å². The molecule has 2 rings (SSSR count). The third-order valence-electron chi connectivity index (χ3n) is 3.89. The first-order chi connectivity index (χ1) is 11.4. The van der Waals surface area contributed by atoms with Crippen molar-refractivity contribution in [3.05, 3.63) is 40.3 Å². The van der Waals surface area contributed by atoms with E-state index in [1.54, 1.807) is 24.3 Å². The second kappa shape index (κ2) is 7.72. The maximum absolute atomic E-state index is 12.2. The Bertz CT molecular complexity index is 813. The number of fused-ring (bicyclic) bond motifs is 1. The van der Waals surface area contributed by atoms with Crippen LogP contribution < -0.4 is 10.9 Å². The molecule has 1 atom stereocenters. The third-order valence-corrected chi connectivity index (χ3v) is 3.89. The first-order valence-corrected chi connectivity index (χ1v) is 7.88. The Balaban J connectivity index is 2.15. The zero-order valence-corrected chi connectivity index (χ0v) is 13.8. The van der Waals surface area contributed by atoms with Crippen LogP contribution >= 0.6 is 0 Å². The summed E-state index contributed by atoms with van der Waals surface area (Å²) < 4.78 is 1.21. The van der Waals surface area contributed by atoms with Crippen LogP contribution in [0.15, 0.2) is 29.1 Å². The van der Waals surface area contributed by atoms with Crippen LogP contribution in [0.4, 0.5) is 0 Å². The van der Waals surface area contributed by atoms with Crippen molar-refractivity contribution in [2.24, 2.45) is 13.0 Å². The number of hydrogen-bond donors (Lipinski definition) is 2. The molecule has 128 valence electrons. The fourth-order valence-electron chi connectivity index (χ4n) is 2.62. The van der Waals surface area contributed by atoms with Crippen LogP contribution in [-0.2, 0) is 23.1 Å². The molecule has 0 aliphatic heterocycles. The quantitative estimate of drug-likeness (QED) is 0.791. The molecule has 1 heterocycles. The number of aryl methyl sites for hydroxylation is 1. The summed E-state index contributed by atoms with van der Waals surface area (Å²) in [5.74, 6) is -1.82. The van der Waals surface area contributed by atoms with Gasteiger partial charge >= 0.3 is 5.97 Å². The van der Waals surface area contributed by atoms with Gasteiger partial charge in [-0.15, -0.1) is 0 Å². The molecule has 2 aromatic rings. The second-order valence-electron chi connectivity index (χ2n) is 5.73. The number of aromatic nitrogens is 2. The Labute approximate surface area is 139 Å². The normalized spacial score (nSPS) is 12.1. The maximum Gasteiger partial charge on any atom is 0.308 e. The van der Waals surface area contributed by atoms with E-state index in [1.807, 2.05) is 6.92 Å². The molecule has 1 aromatic carbocycles. The van der Waals surface area contributed by atoms with Crippen molar-refractivity contribution >= 4 is 22.6 Å². The molecule has 7 heteroatoms. The van der Waals surface area contributed by atoms with Gasteiger partial charge in [-0.2, -0.15) is 5.10 Å². The molecule has 1 aromatic heterocycles. The molecule has 2 N–H and O–H groups in total. The van der Waals surface area contributed by atoms with Gasteiger partial charge in [-0.1, -0.05) is 31.5 Å². The van der Waals surface area contributed by atoms with Crippen LogP contribution in [0, 0.1) is 5.92 Å². The summed E-state index contributed by atoms with van der Waals surface area (Å²) in [4.78, 5) is 35.3. The molecule has 0 radical (unpaired) electrons. The van der Waals surface area contributed by atoms with Gasteiger partial charge in [0.25, 0.3) is 5.56 Å². The maximum atomic E-state index is 12.2. The van der Waals surface area contributed by atoms with Gasteiger partial charge in [-0.3, -0.25) is 14.4 Å². The summed E-state index contributed by atoms with van der Waals surface area (Å²) in [5.41, 5.74) is 0.274. The first kappa shape index (κ1) is 17.7. The van der Waals surface area contributed by atoms with Gasteiger partial charge in [0.1, 0.15) is 0 Å².